The number of aromatic nitrogens is 3. The number of hydrogen-bond acceptors (Lipinski definition) is 5. The lowest BCUT2D eigenvalue weighted by molar-refractivity contribution is 0.477. The van der Waals surface area contributed by atoms with Crippen molar-refractivity contribution < 1.29 is 9.50 Å². The highest BCUT2D eigenvalue weighted by Crippen LogP contribution is 2.40. The van der Waals surface area contributed by atoms with E-state index in [2.05, 4.69) is 22.3 Å². The predicted octanol–water partition coefficient (Wildman–Crippen LogP) is 3.77. The first kappa shape index (κ1) is 22.6. The number of nitrogens with one attached hydrogen (secondary N) is 1. The molecule has 2 aromatic carbocycles. The molecular weight excluding hydrogens is 469 g/mol. The quantitative estimate of drug-likeness (QED) is 0.427. The summed E-state index contributed by atoms with van der Waals surface area (Å²) < 4.78 is 17.6. The number of aromatic hydroxyl groups is 1. The zero-order valence-corrected chi connectivity index (χ0v) is 19.6. The molecule has 0 amide bonds. The average molecular weight is 490 g/mol. The predicted molar refractivity (Wildman–Crippen MR) is 134 cm³/mol. The van der Waals surface area contributed by atoms with Gasteiger partial charge in [-0.25, -0.2) is 14.2 Å². The zero-order valence-electron chi connectivity index (χ0n) is 18.8. The third-order valence-corrected chi connectivity index (χ3v) is 6.18. The van der Waals surface area contributed by atoms with Crippen LogP contribution in [0.4, 0.5) is 10.2 Å². The Morgan fingerprint density at radius 1 is 1.11 bits per heavy atom. The van der Waals surface area contributed by atoms with E-state index in [0.29, 0.717) is 52.9 Å². The highest BCUT2D eigenvalue weighted by atomic mass is 35.5. The van der Waals surface area contributed by atoms with Crippen molar-refractivity contribution in [3.63, 3.8) is 0 Å². The van der Waals surface area contributed by atoms with Crippen molar-refractivity contribution in [2.45, 2.75) is 0 Å². The average Bonchev–Trinajstić information content (AvgIpc) is 3.05. The molecule has 0 atom stereocenters. The van der Waals surface area contributed by atoms with Crippen molar-refractivity contribution in [1.82, 2.24) is 19.4 Å². The third kappa shape index (κ3) is 4.34. The standard InChI is InChI=1S/C26H21ClFN5O2/c1-31-11-12-33(26(31)35)23-4-3-17(13-22(23)27)20-15-19(28)16-21(25(20)34)18-5-7-30-24(14-18)32-9-2-6-29-8-10-32/h3-5,7,11-16,29,34H,8-10H2,1H3. The van der Waals surface area contributed by atoms with E-state index in [9.17, 15) is 14.3 Å². The number of pyridine rings is 1. The topological polar surface area (TPSA) is 75.3 Å². The Morgan fingerprint density at radius 2 is 1.89 bits per heavy atom. The van der Waals surface area contributed by atoms with Crippen molar-refractivity contribution in [2.75, 3.05) is 24.5 Å². The van der Waals surface area contributed by atoms with Gasteiger partial charge in [0, 0.05) is 55.9 Å². The molecule has 35 heavy (non-hydrogen) atoms. The molecule has 2 aromatic heterocycles. The van der Waals surface area contributed by atoms with Crippen molar-refractivity contribution in [1.29, 1.82) is 0 Å². The Morgan fingerprint density at radius 3 is 2.60 bits per heavy atom. The molecular formula is C26H21ClFN5O2. The van der Waals surface area contributed by atoms with Crippen molar-refractivity contribution in [3.05, 3.63) is 82.4 Å². The van der Waals surface area contributed by atoms with Gasteiger partial charge < -0.3 is 19.9 Å². The number of halogens is 2. The van der Waals surface area contributed by atoms with Crippen molar-refractivity contribution >= 4 is 17.4 Å². The maximum Gasteiger partial charge on any atom is 0.332 e. The maximum absolute atomic E-state index is 14.7. The van der Waals surface area contributed by atoms with E-state index >= 15 is 0 Å². The smallest absolute Gasteiger partial charge is 0.332 e. The van der Waals surface area contributed by atoms with Crippen LogP contribution in [0.5, 0.6) is 5.75 Å². The van der Waals surface area contributed by atoms with Crippen LogP contribution in [-0.4, -0.2) is 38.9 Å². The lowest BCUT2D eigenvalue weighted by atomic mass is 9.97. The van der Waals surface area contributed by atoms with Crippen LogP contribution in [0.25, 0.3) is 27.9 Å². The van der Waals surface area contributed by atoms with Crippen LogP contribution >= 0.6 is 11.6 Å². The van der Waals surface area contributed by atoms with Gasteiger partial charge >= 0.3 is 5.69 Å². The van der Waals surface area contributed by atoms with Gasteiger partial charge in [0.2, 0.25) is 0 Å². The van der Waals surface area contributed by atoms with E-state index in [1.54, 1.807) is 49.9 Å². The fraction of sp³-hybridized carbons (Fsp3) is 0.154. The monoisotopic (exact) mass is 489 g/mol. The summed E-state index contributed by atoms with van der Waals surface area (Å²) in [7, 11) is 1.65. The summed E-state index contributed by atoms with van der Waals surface area (Å²) in [4.78, 5) is 18.7. The summed E-state index contributed by atoms with van der Waals surface area (Å²) in [6.07, 6.45) is 4.88. The van der Waals surface area contributed by atoms with Crippen LogP contribution in [0.2, 0.25) is 5.02 Å². The summed E-state index contributed by atoms with van der Waals surface area (Å²) in [5.41, 5.74) is 2.02. The molecule has 7 nitrogen and oxygen atoms in total. The second-order valence-electron chi connectivity index (χ2n) is 8.13. The van der Waals surface area contributed by atoms with Crippen molar-refractivity contribution in [2.24, 2.45) is 7.05 Å². The third-order valence-electron chi connectivity index (χ3n) is 5.87. The Balaban J connectivity index is 1.55. The molecule has 3 heterocycles. The minimum absolute atomic E-state index is 0.0819. The summed E-state index contributed by atoms with van der Waals surface area (Å²) in [5.74, 6) is 3.11. The van der Waals surface area contributed by atoms with E-state index < -0.39 is 5.82 Å². The first-order chi connectivity index (χ1) is 16.9. The number of anilines is 1. The van der Waals surface area contributed by atoms with Gasteiger partial charge in [-0.15, -0.1) is 0 Å². The Labute approximate surface area is 206 Å². The number of rotatable bonds is 4. The van der Waals surface area contributed by atoms with Gasteiger partial charge in [0.05, 0.1) is 17.3 Å². The van der Waals surface area contributed by atoms with Crippen LogP contribution in [0.1, 0.15) is 0 Å². The number of imidazole rings is 1. The molecule has 0 saturated carbocycles. The van der Waals surface area contributed by atoms with E-state index in [1.807, 2.05) is 11.0 Å². The number of nitrogens with zero attached hydrogens (tertiary/aromatic N) is 4. The number of phenols is 1. The van der Waals surface area contributed by atoms with Gasteiger partial charge in [0.15, 0.2) is 0 Å². The highest BCUT2D eigenvalue weighted by molar-refractivity contribution is 6.32. The fourth-order valence-electron chi connectivity index (χ4n) is 4.04. The first-order valence-electron chi connectivity index (χ1n) is 10.9. The van der Waals surface area contributed by atoms with Gasteiger partial charge in [0.1, 0.15) is 17.4 Å². The normalized spacial score (nSPS) is 13.1. The number of phenolic OH excluding ortho intramolecular Hbond substituents is 1. The SMILES string of the molecule is Cn1ccn(-c2ccc(-c3cc(F)cc(-c4ccnc(N5CC#CNCC5)c4)c3O)cc2Cl)c1=O. The maximum atomic E-state index is 14.7. The van der Waals surface area contributed by atoms with Crippen molar-refractivity contribution in [3.8, 4) is 45.7 Å². The van der Waals surface area contributed by atoms with E-state index in [4.69, 9.17) is 11.6 Å². The number of benzene rings is 2. The van der Waals surface area contributed by atoms with E-state index in [1.165, 1.54) is 21.3 Å². The van der Waals surface area contributed by atoms with Gasteiger partial charge in [-0.1, -0.05) is 23.6 Å². The number of hydrogen-bond donors (Lipinski definition) is 2. The molecule has 0 radical (unpaired) electrons. The molecule has 1 aliphatic rings. The molecule has 2 N–H and O–H groups in total. The van der Waals surface area contributed by atoms with Gasteiger partial charge in [-0.05, 0) is 47.5 Å². The Hall–Kier alpha value is -4.22. The second kappa shape index (κ2) is 9.20. The Kier molecular flexibility index (Phi) is 5.93. The summed E-state index contributed by atoms with van der Waals surface area (Å²) in [6.45, 7) is 1.91. The molecule has 0 bridgehead atoms. The highest BCUT2D eigenvalue weighted by Gasteiger charge is 2.17. The molecule has 0 saturated heterocycles. The minimum atomic E-state index is -0.504. The molecule has 176 valence electrons. The van der Waals surface area contributed by atoms with Crippen LogP contribution in [0, 0.1) is 17.8 Å². The van der Waals surface area contributed by atoms with Gasteiger partial charge in [0.25, 0.3) is 0 Å². The van der Waals surface area contributed by atoms with E-state index in [-0.39, 0.29) is 17.0 Å². The summed E-state index contributed by atoms with van der Waals surface area (Å²) in [6, 6.07) is 13.9. The van der Waals surface area contributed by atoms with Gasteiger partial charge in [-0.2, -0.15) is 0 Å². The summed E-state index contributed by atoms with van der Waals surface area (Å²) in [5, 5.41) is 14.5. The fourth-order valence-corrected chi connectivity index (χ4v) is 4.31. The molecule has 4 aromatic rings. The lowest BCUT2D eigenvalue weighted by Crippen LogP contribution is -2.29. The molecule has 0 aliphatic carbocycles. The zero-order chi connectivity index (χ0) is 24.5. The van der Waals surface area contributed by atoms with Crippen LogP contribution in [-0.2, 0) is 7.05 Å². The largest absolute Gasteiger partial charge is 0.507 e. The van der Waals surface area contributed by atoms with Gasteiger partial charge in [-0.3, -0.25) is 4.57 Å². The Bertz CT molecular complexity index is 1550. The molecule has 0 unspecified atom stereocenters. The minimum Gasteiger partial charge on any atom is -0.507 e. The molecule has 0 fully saturated rings. The van der Waals surface area contributed by atoms with Crippen LogP contribution in [0.15, 0.2) is 65.8 Å². The second-order valence-corrected chi connectivity index (χ2v) is 8.54. The summed E-state index contributed by atoms with van der Waals surface area (Å²) >= 11 is 6.49. The van der Waals surface area contributed by atoms with Crippen LogP contribution in [0.3, 0.4) is 0 Å². The van der Waals surface area contributed by atoms with Crippen LogP contribution < -0.4 is 15.9 Å². The lowest BCUT2D eigenvalue weighted by Gasteiger charge is -2.20. The number of aryl methyl sites for hydroxylation is 1. The molecule has 0 spiro atoms. The molecule has 9 heteroatoms. The molecule has 1 aliphatic heterocycles. The van der Waals surface area contributed by atoms with E-state index in [0.717, 1.165) is 0 Å². The molecule has 5 rings (SSSR count). The first-order valence-corrected chi connectivity index (χ1v) is 11.3.